The molecule has 1 saturated heterocycles. The van der Waals surface area contributed by atoms with Gasteiger partial charge in [-0.15, -0.1) is 0 Å². The highest BCUT2D eigenvalue weighted by molar-refractivity contribution is 7.22. The van der Waals surface area contributed by atoms with Crippen LogP contribution in [0.25, 0.3) is 21.3 Å². The van der Waals surface area contributed by atoms with Crippen LogP contribution in [0.1, 0.15) is 81.6 Å². The molecule has 4 heterocycles. The molecule has 1 N–H and O–H groups in total. The number of thiazole rings is 1. The molecule has 0 spiro atoms. The quantitative estimate of drug-likeness (QED) is 0.236. The molecule has 7 nitrogen and oxygen atoms in total. The van der Waals surface area contributed by atoms with Crippen molar-refractivity contribution < 1.29 is 14.6 Å². The Hall–Kier alpha value is -3.49. The maximum atomic E-state index is 12.8. The number of hydrogen-bond donors (Lipinski definition) is 1. The average molecular weight is 613 g/mol. The highest BCUT2D eigenvalue weighted by Crippen LogP contribution is 2.45. The highest BCUT2D eigenvalue weighted by atomic mass is 32.1. The highest BCUT2D eigenvalue weighted by Gasteiger charge is 2.36. The molecule has 0 saturated carbocycles. The van der Waals surface area contributed by atoms with Crippen LogP contribution in [-0.2, 0) is 22.5 Å². The Balaban J connectivity index is 1.43. The van der Waals surface area contributed by atoms with E-state index in [1.807, 2.05) is 33.8 Å². The normalized spacial score (nSPS) is 17.5. The van der Waals surface area contributed by atoms with Gasteiger partial charge in [-0.05, 0) is 88.1 Å². The molecule has 1 atom stereocenters. The molecule has 6 rings (SSSR count). The maximum absolute atomic E-state index is 12.8. The van der Waals surface area contributed by atoms with E-state index < -0.39 is 17.7 Å². The molecule has 0 radical (unpaired) electrons. The van der Waals surface area contributed by atoms with E-state index in [-0.39, 0.29) is 5.41 Å². The molecule has 44 heavy (non-hydrogen) atoms. The van der Waals surface area contributed by atoms with E-state index in [2.05, 4.69) is 67.0 Å². The fraction of sp³-hybridized carbons (Fsp3) is 0.472. The van der Waals surface area contributed by atoms with Crippen LogP contribution in [0.4, 0.5) is 10.8 Å². The Morgan fingerprint density at radius 2 is 1.70 bits per heavy atom. The zero-order valence-electron chi connectivity index (χ0n) is 27.0. The zero-order chi connectivity index (χ0) is 31.4. The second-order valence-electron chi connectivity index (χ2n) is 14.1. The van der Waals surface area contributed by atoms with Crippen LogP contribution in [0.2, 0.25) is 0 Å². The van der Waals surface area contributed by atoms with Crippen molar-refractivity contribution in [3.8, 4) is 11.1 Å². The van der Waals surface area contributed by atoms with E-state index in [1.165, 1.54) is 15.8 Å². The van der Waals surface area contributed by atoms with Gasteiger partial charge < -0.3 is 19.6 Å². The molecule has 2 aliphatic heterocycles. The Morgan fingerprint density at radius 3 is 2.39 bits per heavy atom. The van der Waals surface area contributed by atoms with Gasteiger partial charge in [0.2, 0.25) is 0 Å². The lowest BCUT2D eigenvalue weighted by molar-refractivity contribution is -0.160. The van der Waals surface area contributed by atoms with Gasteiger partial charge >= 0.3 is 5.97 Å². The number of hydrogen-bond acceptors (Lipinski definition) is 7. The maximum Gasteiger partial charge on any atom is 0.337 e. The molecule has 0 amide bonds. The largest absolute Gasteiger partial charge is 0.479 e. The van der Waals surface area contributed by atoms with Crippen molar-refractivity contribution >= 4 is 38.3 Å². The van der Waals surface area contributed by atoms with E-state index in [4.69, 9.17) is 14.7 Å². The summed E-state index contributed by atoms with van der Waals surface area (Å²) in [5, 5.41) is 11.6. The zero-order valence-corrected chi connectivity index (χ0v) is 27.8. The van der Waals surface area contributed by atoms with Crippen LogP contribution < -0.4 is 9.80 Å². The van der Waals surface area contributed by atoms with Gasteiger partial charge in [0.05, 0.1) is 21.5 Å². The number of anilines is 2. The lowest BCUT2D eigenvalue weighted by Gasteiger charge is -2.41. The van der Waals surface area contributed by atoms with Crippen molar-refractivity contribution in [3.63, 3.8) is 0 Å². The summed E-state index contributed by atoms with van der Waals surface area (Å²) in [6.07, 6.45) is 1.88. The summed E-state index contributed by atoms with van der Waals surface area (Å²) in [4.78, 5) is 27.5. The predicted octanol–water partition coefficient (Wildman–Crippen LogP) is 8.11. The number of benzene rings is 2. The number of para-hydroxylation sites is 1. The molecule has 4 aromatic rings. The minimum atomic E-state index is -1.12. The third-order valence-corrected chi connectivity index (χ3v) is 10.1. The van der Waals surface area contributed by atoms with Crippen LogP contribution in [0, 0.1) is 19.3 Å². The molecular formula is C36H44N4O3S. The number of carboxylic acid groups (broad SMARTS) is 1. The number of rotatable bonds is 6. The Labute approximate surface area is 264 Å². The molecule has 0 unspecified atom stereocenters. The fourth-order valence-electron chi connectivity index (χ4n) is 6.62. The van der Waals surface area contributed by atoms with Gasteiger partial charge in [-0.1, -0.05) is 55.5 Å². The van der Waals surface area contributed by atoms with Gasteiger partial charge in [-0.3, -0.25) is 4.98 Å². The van der Waals surface area contributed by atoms with Gasteiger partial charge in [0, 0.05) is 48.7 Å². The first-order chi connectivity index (χ1) is 20.8. The summed E-state index contributed by atoms with van der Waals surface area (Å²) in [6.45, 7) is 17.8. The van der Waals surface area contributed by atoms with Gasteiger partial charge in [-0.2, -0.15) is 0 Å². The molecule has 2 aromatic carbocycles. The molecule has 232 valence electrons. The van der Waals surface area contributed by atoms with Crippen LogP contribution in [0.5, 0.6) is 0 Å². The third-order valence-electron chi connectivity index (χ3n) is 9.03. The molecule has 2 aromatic heterocycles. The SMILES string of the molecule is Cc1nc(C)c([C@H](OC(C)(C)C)C(=O)O)c(N2CCC(C)(C)CC2)c1-c1ccc2c(c1)CCN(c1nc3ccccc3s1)C2. The number of nitrogens with zero attached hydrogens (tertiary/aromatic N) is 4. The summed E-state index contributed by atoms with van der Waals surface area (Å²) in [5.74, 6) is -0.987. The minimum absolute atomic E-state index is 0.253. The fourth-order valence-corrected chi connectivity index (χ4v) is 7.61. The van der Waals surface area contributed by atoms with Crippen LogP contribution in [0.3, 0.4) is 0 Å². The summed E-state index contributed by atoms with van der Waals surface area (Å²) in [6, 6.07) is 15.1. The molecule has 0 bridgehead atoms. The number of aliphatic carboxylic acids is 1. The van der Waals surface area contributed by atoms with E-state index in [0.29, 0.717) is 11.3 Å². The topological polar surface area (TPSA) is 78.8 Å². The summed E-state index contributed by atoms with van der Waals surface area (Å²) in [7, 11) is 0. The Morgan fingerprint density at radius 1 is 0.977 bits per heavy atom. The minimum Gasteiger partial charge on any atom is -0.479 e. The van der Waals surface area contributed by atoms with Crippen molar-refractivity contribution in [2.75, 3.05) is 29.4 Å². The first kappa shape index (κ1) is 30.5. The smallest absolute Gasteiger partial charge is 0.337 e. The number of carbonyl (C=O) groups is 1. The first-order valence-electron chi connectivity index (χ1n) is 15.7. The number of piperidine rings is 1. The number of ether oxygens (including phenoxy) is 1. The van der Waals surface area contributed by atoms with E-state index >= 15 is 0 Å². The third kappa shape index (κ3) is 6.07. The van der Waals surface area contributed by atoms with E-state index in [1.54, 1.807) is 11.3 Å². The first-order valence-corrected chi connectivity index (χ1v) is 16.5. The van der Waals surface area contributed by atoms with E-state index in [0.717, 1.165) is 78.6 Å². The van der Waals surface area contributed by atoms with Crippen LogP contribution >= 0.6 is 11.3 Å². The monoisotopic (exact) mass is 612 g/mol. The lowest BCUT2D eigenvalue weighted by Crippen LogP contribution is -2.39. The molecule has 0 aliphatic carbocycles. The predicted molar refractivity (Wildman–Crippen MR) is 180 cm³/mol. The Bertz CT molecular complexity index is 1680. The average Bonchev–Trinajstić information content (AvgIpc) is 3.39. The molecule has 1 fully saturated rings. The van der Waals surface area contributed by atoms with Crippen LogP contribution in [0.15, 0.2) is 42.5 Å². The summed E-state index contributed by atoms with van der Waals surface area (Å²) < 4.78 is 7.47. The van der Waals surface area contributed by atoms with Gasteiger partial charge in [0.1, 0.15) is 0 Å². The molecule has 8 heteroatoms. The second kappa shape index (κ2) is 11.5. The molecular weight excluding hydrogens is 568 g/mol. The van der Waals surface area contributed by atoms with Crippen molar-refractivity contribution in [2.24, 2.45) is 5.41 Å². The summed E-state index contributed by atoms with van der Waals surface area (Å²) in [5.41, 5.74) is 8.67. The number of aryl methyl sites for hydroxylation is 2. The lowest BCUT2D eigenvalue weighted by atomic mass is 9.81. The summed E-state index contributed by atoms with van der Waals surface area (Å²) >= 11 is 1.75. The van der Waals surface area contributed by atoms with Gasteiger partial charge in [0.25, 0.3) is 0 Å². The van der Waals surface area contributed by atoms with Crippen molar-refractivity contribution in [2.45, 2.75) is 86.0 Å². The van der Waals surface area contributed by atoms with Crippen molar-refractivity contribution in [3.05, 3.63) is 70.5 Å². The standard InChI is InChI=1S/C36H44N4O3S/c1-22-29(25-12-13-26-21-40(17-14-24(26)20-25)34-38-27-10-8-9-11-28(27)44-34)31(39-18-15-36(6,7)16-19-39)30(23(2)37-22)32(33(41)42)43-35(3,4)5/h8-13,20,32H,14-19,21H2,1-7H3,(H,41,42)/t32-/m0/s1. The number of carboxylic acids is 1. The van der Waals surface area contributed by atoms with Crippen LogP contribution in [-0.4, -0.2) is 46.3 Å². The number of aromatic nitrogens is 2. The Kier molecular flexibility index (Phi) is 7.95. The number of fused-ring (bicyclic) bond motifs is 2. The van der Waals surface area contributed by atoms with Gasteiger partial charge in [0.15, 0.2) is 11.2 Å². The van der Waals surface area contributed by atoms with Crippen molar-refractivity contribution in [1.82, 2.24) is 9.97 Å². The van der Waals surface area contributed by atoms with Gasteiger partial charge in [-0.25, -0.2) is 9.78 Å². The second-order valence-corrected chi connectivity index (χ2v) is 15.1. The molecule has 2 aliphatic rings. The number of pyridine rings is 1. The van der Waals surface area contributed by atoms with E-state index in [9.17, 15) is 9.90 Å². The van der Waals surface area contributed by atoms with Crippen molar-refractivity contribution in [1.29, 1.82) is 0 Å².